The average Bonchev–Trinajstić information content (AvgIpc) is 0.897. The number of carbonyl (C=O) groups excluding carboxylic acids is 3. The van der Waals surface area contributed by atoms with E-state index < -0.39 is 91.5 Å². The van der Waals surface area contributed by atoms with Gasteiger partial charge in [0.2, 0.25) is 0 Å². The quantitative estimate of drug-likeness (QED) is 0.0146. The van der Waals surface area contributed by atoms with Gasteiger partial charge in [-0.15, -0.1) is 0 Å². The fraction of sp³-hybridized carbons (Fsp3) is 0.705. The summed E-state index contributed by atoms with van der Waals surface area (Å²) in [6.07, 6.45) is 126. The first-order chi connectivity index (χ1) is 60.2. The molecule has 0 saturated carbocycles. The summed E-state index contributed by atoms with van der Waals surface area (Å²) in [4.78, 5) is 59.0. The minimum absolute atomic E-state index is 0.0751. The second-order valence-corrected chi connectivity index (χ2v) is 35.7. The zero-order valence-electron chi connectivity index (χ0n) is 78.1. The topological polar surface area (TPSA) is 231 Å². The zero-order chi connectivity index (χ0) is 89.3. The van der Waals surface area contributed by atoms with Crippen molar-refractivity contribution in [3.05, 3.63) is 170 Å². The number of aliphatic hydroxyl groups excluding tert-OH is 2. The van der Waals surface area contributed by atoms with Crippen LogP contribution in [0.1, 0.15) is 419 Å². The van der Waals surface area contributed by atoms with E-state index in [1.807, 2.05) is 0 Å². The molecule has 16 nitrogen and oxygen atoms in total. The van der Waals surface area contributed by atoms with Crippen molar-refractivity contribution in [1.29, 1.82) is 0 Å². The van der Waals surface area contributed by atoms with Crippen molar-refractivity contribution in [1.82, 2.24) is 0 Å². The molecule has 0 aromatic rings. The van der Waals surface area contributed by atoms with E-state index in [9.17, 15) is 43.5 Å². The van der Waals surface area contributed by atoms with E-state index >= 15 is 0 Å². The largest absolute Gasteiger partial charge is 0.472 e. The monoisotopic (exact) mass is 1760 g/mol. The highest BCUT2D eigenvalue weighted by Gasteiger charge is 2.30. The Kier molecular flexibility index (Phi) is 92.0. The van der Waals surface area contributed by atoms with Crippen LogP contribution in [0.25, 0.3) is 0 Å². The first-order valence-corrected chi connectivity index (χ1v) is 52.4. The molecule has 18 heteroatoms. The number of aliphatic hydroxyl groups is 2. The normalized spacial score (nSPS) is 14.4. The lowest BCUT2D eigenvalue weighted by molar-refractivity contribution is -0.161. The smallest absolute Gasteiger partial charge is 0.463 e. The summed E-state index contributed by atoms with van der Waals surface area (Å²) in [5, 5.41) is 20.8. The van der Waals surface area contributed by atoms with Gasteiger partial charge in [0.1, 0.15) is 25.4 Å². The van der Waals surface area contributed by atoms with Gasteiger partial charge in [-0.05, 0) is 154 Å². The SMILES string of the molecule is CC/C=C\C/C=C\C/C=C\C/C=C\C/C=C\C/C=C\CCCCCCCCCCCCCCCCCCC(=O)OCC(O)COP(=O)(O)OCC(O)COP(=O)(O)OCC(COC(=O)CCCCCCCCCCCCCCCCCCCCC/C=C\C/C=C\C/C=C\C/C=C\CCCCC)OC(=O)CCCCCC/C=C\C/C=C\C/C=C\C/C=C\CC. The highest BCUT2D eigenvalue weighted by Crippen LogP contribution is 2.45. The number of allylic oxidation sites excluding steroid dienone is 28. The third kappa shape index (κ3) is 97.4. The third-order valence-corrected chi connectivity index (χ3v) is 22.8. The van der Waals surface area contributed by atoms with Gasteiger partial charge in [0, 0.05) is 19.3 Å². The van der Waals surface area contributed by atoms with E-state index in [4.69, 9.17) is 32.3 Å². The summed E-state index contributed by atoms with van der Waals surface area (Å²) in [5.41, 5.74) is 0. The van der Waals surface area contributed by atoms with Gasteiger partial charge in [-0.3, -0.25) is 32.5 Å². The van der Waals surface area contributed by atoms with E-state index in [0.717, 1.165) is 148 Å². The van der Waals surface area contributed by atoms with Crippen LogP contribution < -0.4 is 0 Å². The number of phosphoric acid groups is 2. The molecule has 0 saturated heterocycles. The first-order valence-electron chi connectivity index (χ1n) is 49.4. The van der Waals surface area contributed by atoms with Crippen molar-refractivity contribution in [3.8, 4) is 0 Å². The van der Waals surface area contributed by atoms with E-state index in [1.54, 1.807) is 0 Å². The van der Waals surface area contributed by atoms with Crippen LogP contribution in [0.2, 0.25) is 0 Å². The Bertz CT molecular complexity index is 2920. The first kappa shape index (κ1) is 118. The van der Waals surface area contributed by atoms with Crippen molar-refractivity contribution >= 4 is 33.6 Å². The lowest BCUT2D eigenvalue weighted by atomic mass is 10.0. The molecule has 4 N–H and O–H groups in total. The van der Waals surface area contributed by atoms with Gasteiger partial charge < -0.3 is 34.2 Å². The Hall–Kier alpha value is -5.09. The maximum Gasteiger partial charge on any atom is 0.472 e. The predicted octanol–water partition coefficient (Wildman–Crippen LogP) is 31.0. The molecule has 706 valence electrons. The van der Waals surface area contributed by atoms with Crippen LogP contribution in [-0.2, 0) is 55.8 Å². The molecule has 5 unspecified atom stereocenters. The Morgan fingerprint density at radius 1 is 0.236 bits per heavy atom. The van der Waals surface area contributed by atoms with E-state index in [2.05, 4.69) is 191 Å². The molecule has 123 heavy (non-hydrogen) atoms. The molecule has 0 amide bonds. The van der Waals surface area contributed by atoms with Crippen molar-refractivity contribution < 1.29 is 75.8 Å². The molecule has 5 atom stereocenters. The van der Waals surface area contributed by atoms with Crippen molar-refractivity contribution in [2.75, 3.05) is 39.6 Å². The second kappa shape index (κ2) is 96.0. The molecular formula is C105H180O16P2. The van der Waals surface area contributed by atoms with E-state index in [0.29, 0.717) is 19.3 Å². The molecular weight excluding hydrogens is 1580 g/mol. The summed E-state index contributed by atoms with van der Waals surface area (Å²) in [6, 6.07) is 0. The van der Waals surface area contributed by atoms with Gasteiger partial charge in [0.05, 0.1) is 26.4 Å². The molecule has 0 heterocycles. The fourth-order valence-electron chi connectivity index (χ4n) is 13.5. The summed E-state index contributed by atoms with van der Waals surface area (Å²) in [6.45, 7) is 2.45. The Balaban J connectivity index is 4.45. The van der Waals surface area contributed by atoms with Crippen LogP contribution in [-0.4, -0.2) is 95.9 Å². The average molecular weight is 1760 g/mol. The number of phosphoric ester groups is 2. The maximum absolute atomic E-state index is 13.1. The van der Waals surface area contributed by atoms with Gasteiger partial charge in [-0.25, -0.2) is 9.13 Å². The Labute approximate surface area is 752 Å². The maximum atomic E-state index is 13.1. The van der Waals surface area contributed by atoms with Crippen LogP contribution in [0.3, 0.4) is 0 Å². The van der Waals surface area contributed by atoms with E-state index in [-0.39, 0.29) is 19.3 Å². The number of esters is 3. The summed E-state index contributed by atoms with van der Waals surface area (Å²) in [5.74, 6) is -1.59. The molecule has 0 aromatic carbocycles. The van der Waals surface area contributed by atoms with Crippen molar-refractivity contribution in [2.45, 2.75) is 437 Å². The third-order valence-electron chi connectivity index (χ3n) is 20.9. The van der Waals surface area contributed by atoms with Gasteiger partial charge >= 0.3 is 33.6 Å². The molecule has 0 spiro atoms. The van der Waals surface area contributed by atoms with Crippen LogP contribution >= 0.6 is 15.6 Å². The summed E-state index contributed by atoms with van der Waals surface area (Å²) in [7, 11) is -9.82. The molecule has 0 bridgehead atoms. The van der Waals surface area contributed by atoms with Crippen LogP contribution in [0.4, 0.5) is 0 Å². The number of hydrogen-bond donors (Lipinski definition) is 4. The molecule has 0 radical (unpaired) electrons. The van der Waals surface area contributed by atoms with Gasteiger partial charge in [-0.1, -0.05) is 416 Å². The van der Waals surface area contributed by atoms with Crippen LogP contribution in [0.5, 0.6) is 0 Å². The summed E-state index contributed by atoms with van der Waals surface area (Å²) >= 11 is 0. The zero-order valence-corrected chi connectivity index (χ0v) is 79.9. The van der Waals surface area contributed by atoms with E-state index in [1.165, 1.54) is 212 Å². The summed E-state index contributed by atoms with van der Waals surface area (Å²) < 4.78 is 61.5. The molecule has 0 aromatic heterocycles. The minimum atomic E-state index is -4.95. The number of carbonyl (C=O) groups is 3. The lowest BCUT2D eigenvalue weighted by Gasteiger charge is -2.21. The highest BCUT2D eigenvalue weighted by molar-refractivity contribution is 7.47. The fourth-order valence-corrected chi connectivity index (χ4v) is 15.1. The lowest BCUT2D eigenvalue weighted by Crippen LogP contribution is -2.30. The minimum Gasteiger partial charge on any atom is -0.463 e. The van der Waals surface area contributed by atoms with Gasteiger partial charge in [-0.2, -0.15) is 0 Å². The van der Waals surface area contributed by atoms with Gasteiger partial charge in [0.25, 0.3) is 0 Å². The number of ether oxygens (including phenoxy) is 3. The second-order valence-electron chi connectivity index (χ2n) is 32.8. The van der Waals surface area contributed by atoms with Crippen LogP contribution in [0, 0.1) is 0 Å². The van der Waals surface area contributed by atoms with Crippen LogP contribution in [0.15, 0.2) is 170 Å². The standard InChI is InChI=1S/C105H180O16P2/c1-4-7-10-13-16-19-22-25-28-31-33-35-37-39-41-43-45-47-49-51-53-55-57-59-61-63-65-68-70-73-76-79-82-85-88-91-103(108)115-94-100(106)95-117-122(111,112)118-96-101(107)97-119-123(113,114)120-99-102(121-105(110)93-90-87-84-81-78-75-72-67-30-27-24-21-18-15-12-9-6-3)98-116-104(109)92-89-86-83-80-77-74-71-69-66-64-62-60-58-56-54-52-50-48-46-44-42-40-38-36-34-32-29-26-23-20-17-14-11-8-5-2/h7,9-10,12,16-21,25-30,33-36,39-42,45,47,72,75,100-102,106-107H,4-6,8,11,13-15,22-24,31-32,37-38,43-44,46,48-71,73-74,76-99H2,1-3H3,(H,111,112)(H,113,114)/b10-7-,12-9-,19-16-,20-17-,21-18-,28-25-,29-26-,30-27-,35-33-,36-34-,41-39-,42-40-,47-45-,75-72-. The molecule has 0 aliphatic carbocycles. The molecule has 0 aliphatic rings. The number of unbranched alkanes of at least 4 members (excludes halogenated alkanes) is 42. The highest BCUT2D eigenvalue weighted by atomic mass is 31.2. The van der Waals surface area contributed by atoms with Crippen molar-refractivity contribution in [2.24, 2.45) is 0 Å². The number of hydrogen-bond acceptors (Lipinski definition) is 14. The Morgan fingerprint density at radius 3 is 0.683 bits per heavy atom. The van der Waals surface area contributed by atoms with Crippen molar-refractivity contribution in [3.63, 3.8) is 0 Å². The molecule has 0 fully saturated rings. The number of rotatable bonds is 93. The molecule has 0 aliphatic heterocycles. The van der Waals surface area contributed by atoms with Gasteiger partial charge in [0.15, 0.2) is 6.10 Å². The predicted molar refractivity (Wildman–Crippen MR) is 519 cm³/mol. The Morgan fingerprint density at radius 2 is 0.431 bits per heavy atom. The molecule has 0 rings (SSSR count).